The second-order valence-corrected chi connectivity index (χ2v) is 6.34. The SMILES string of the molecule is CCOc1ccc(CC(CNC(=O)COc2cc(C)ccc2F)C(=O)O)cc1. The molecular formula is C21H24FNO5. The van der Waals surface area contributed by atoms with Crippen molar-refractivity contribution in [3.8, 4) is 11.5 Å². The summed E-state index contributed by atoms with van der Waals surface area (Å²) in [4.78, 5) is 23.4. The summed E-state index contributed by atoms with van der Waals surface area (Å²) in [6.45, 7) is 3.77. The Bertz CT molecular complexity index is 807. The van der Waals surface area contributed by atoms with Gasteiger partial charge >= 0.3 is 5.97 Å². The van der Waals surface area contributed by atoms with Crippen molar-refractivity contribution in [1.29, 1.82) is 0 Å². The highest BCUT2D eigenvalue weighted by Crippen LogP contribution is 2.18. The third-order valence-electron chi connectivity index (χ3n) is 4.06. The lowest BCUT2D eigenvalue weighted by Gasteiger charge is -2.14. The van der Waals surface area contributed by atoms with Crippen LogP contribution in [0.2, 0.25) is 0 Å². The molecule has 0 aliphatic heterocycles. The number of hydrogen-bond donors (Lipinski definition) is 2. The maximum atomic E-state index is 13.6. The summed E-state index contributed by atoms with van der Waals surface area (Å²) in [6, 6.07) is 11.5. The van der Waals surface area contributed by atoms with Crippen molar-refractivity contribution >= 4 is 11.9 Å². The molecule has 0 aliphatic carbocycles. The molecule has 0 spiro atoms. The van der Waals surface area contributed by atoms with Gasteiger partial charge in [-0.3, -0.25) is 9.59 Å². The minimum Gasteiger partial charge on any atom is -0.494 e. The number of carboxylic acid groups (broad SMARTS) is 1. The van der Waals surface area contributed by atoms with Crippen molar-refractivity contribution < 1.29 is 28.6 Å². The Morgan fingerprint density at radius 1 is 1.14 bits per heavy atom. The molecule has 2 rings (SSSR count). The van der Waals surface area contributed by atoms with E-state index in [2.05, 4.69) is 5.32 Å². The van der Waals surface area contributed by atoms with Crippen LogP contribution in [0, 0.1) is 18.7 Å². The second kappa shape index (κ2) is 10.3. The van der Waals surface area contributed by atoms with Crippen LogP contribution in [0.15, 0.2) is 42.5 Å². The third-order valence-corrected chi connectivity index (χ3v) is 4.06. The number of ether oxygens (including phenoxy) is 2. The van der Waals surface area contributed by atoms with Crippen molar-refractivity contribution in [3.63, 3.8) is 0 Å². The van der Waals surface area contributed by atoms with Crippen LogP contribution in [-0.4, -0.2) is 36.7 Å². The number of carbonyl (C=O) groups excluding carboxylic acids is 1. The van der Waals surface area contributed by atoms with Crippen LogP contribution in [0.1, 0.15) is 18.1 Å². The van der Waals surface area contributed by atoms with Crippen LogP contribution >= 0.6 is 0 Å². The largest absolute Gasteiger partial charge is 0.494 e. The van der Waals surface area contributed by atoms with Crippen LogP contribution in [0.4, 0.5) is 4.39 Å². The van der Waals surface area contributed by atoms with E-state index in [0.29, 0.717) is 12.4 Å². The summed E-state index contributed by atoms with van der Waals surface area (Å²) in [5.74, 6) is -2.18. The van der Waals surface area contributed by atoms with Crippen LogP contribution in [0.3, 0.4) is 0 Å². The fraction of sp³-hybridized carbons (Fsp3) is 0.333. The van der Waals surface area contributed by atoms with E-state index in [1.807, 2.05) is 6.92 Å². The fourth-order valence-corrected chi connectivity index (χ4v) is 2.57. The number of carbonyl (C=O) groups is 2. The van der Waals surface area contributed by atoms with E-state index in [4.69, 9.17) is 9.47 Å². The zero-order valence-corrected chi connectivity index (χ0v) is 15.9. The fourth-order valence-electron chi connectivity index (χ4n) is 2.57. The third kappa shape index (κ3) is 6.57. The minimum absolute atomic E-state index is 0.0145. The maximum absolute atomic E-state index is 13.6. The minimum atomic E-state index is -1.01. The van der Waals surface area contributed by atoms with Gasteiger partial charge in [-0.25, -0.2) is 4.39 Å². The first-order valence-corrected chi connectivity index (χ1v) is 8.99. The first kappa shape index (κ1) is 21.2. The van der Waals surface area contributed by atoms with Gasteiger partial charge in [0.25, 0.3) is 5.91 Å². The Kier molecular flexibility index (Phi) is 7.80. The summed E-state index contributed by atoms with van der Waals surface area (Å²) in [5.41, 5.74) is 1.63. The first-order valence-electron chi connectivity index (χ1n) is 8.99. The van der Waals surface area contributed by atoms with Gasteiger partial charge in [0.05, 0.1) is 12.5 Å². The van der Waals surface area contributed by atoms with Gasteiger partial charge in [-0.15, -0.1) is 0 Å². The number of amides is 1. The quantitative estimate of drug-likeness (QED) is 0.653. The molecule has 2 N–H and O–H groups in total. The molecule has 0 saturated carbocycles. The molecule has 150 valence electrons. The highest BCUT2D eigenvalue weighted by atomic mass is 19.1. The zero-order valence-electron chi connectivity index (χ0n) is 15.9. The summed E-state index contributed by atoms with van der Waals surface area (Å²) in [7, 11) is 0. The number of nitrogens with one attached hydrogen (secondary N) is 1. The van der Waals surface area contributed by atoms with Crippen molar-refractivity contribution in [2.24, 2.45) is 5.92 Å². The van der Waals surface area contributed by atoms with Crippen LogP contribution in [0.5, 0.6) is 11.5 Å². The molecule has 0 bridgehead atoms. The lowest BCUT2D eigenvalue weighted by Crippen LogP contribution is -2.36. The van der Waals surface area contributed by atoms with E-state index in [9.17, 15) is 19.1 Å². The molecule has 2 aromatic carbocycles. The average Bonchev–Trinajstić information content (AvgIpc) is 2.67. The van der Waals surface area contributed by atoms with Crippen molar-refractivity contribution in [3.05, 3.63) is 59.4 Å². The maximum Gasteiger partial charge on any atom is 0.308 e. The molecule has 0 heterocycles. The van der Waals surface area contributed by atoms with Gasteiger partial charge in [0, 0.05) is 6.54 Å². The topological polar surface area (TPSA) is 84.9 Å². The zero-order chi connectivity index (χ0) is 20.5. The van der Waals surface area contributed by atoms with E-state index in [1.165, 1.54) is 12.1 Å². The van der Waals surface area contributed by atoms with Crippen LogP contribution < -0.4 is 14.8 Å². The van der Waals surface area contributed by atoms with Crippen LogP contribution in [0.25, 0.3) is 0 Å². The van der Waals surface area contributed by atoms with Crippen molar-refractivity contribution in [1.82, 2.24) is 5.32 Å². The van der Waals surface area contributed by atoms with E-state index in [1.54, 1.807) is 37.3 Å². The van der Waals surface area contributed by atoms with Gasteiger partial charge in [-0.05, 0) is 55.7 Å². The molecule has 2 aromatic rings. The lowest BCUT2D eigenvalue weighted by molar-refractivity contribution is -0.141. The molecule has 0 fully saturated rings. The van der Waals surface area contributed by atoms with E-state index in [0.717, 1.165) is 11.1 Å². The predicted octanol–water partition coefficient (Wildman–Crippen LogP) is 2.97. The number of rotatable bonds is 10. The van der Waals surface area contributed by atoms with Gasteiger partial charge < -0.3 is 19.9 Å². The van der Waals surface area contributed by atoms with Gasteiger partial charge in [0.2, 0.25) is 0 Å². The molecule has 0 aromatic heterocycles. The number of carboxylic acids is 1. The number of halogens is 1. The highest BCUT2D eigenvalue weighted by molar-refractivity contribution is 5.78. The average molecular weight is 389 g/mol. The predicted molar refractivity (Wildman–Crippen MR) is 102 cm³/mol. The summed E-state index contributed by atoms with van der Waals surface area (Å²) in [6.07, 6.45) is 0.259. The van der Waals surface area contributed by atoms with Crippen molar-refractivity contribution in [2.75, 3.05) is 19.8 Å². The second-order valence-electron chi connectivity index (χ2n) is 6.34. The smallest absolute Gasteiger partial charge is 0.308 e. The van der Waals surface area contributed by atoms with Gasteiger partial charge in [0.15, 0.2) is 18.2 Å². The molecule has 0 radical (unpaired) electrons. The van der Waals surface area contributed by atoms with Gasteiger partial charge in [-0.2, -0.15) is 0 Å². The Labute approximate surface area is 163 Å². The Morgan fingerprint density at radius 3 is 2.50 bits per heavy atom. The Morgan fingerprint density at radius 2 is 1.86 bits per heavy atom. The molecule has 0 saturated heterocycles. The molecule has 1 atom stereocenters. The molecule has 28 heavy (non-hydrogen) atoms. The molecule has 7 heteroatoms. The number of benzene rings is 2. The summed E-state index contributed by atoms with van der Waals surface area (Å²) in [5, 5.41) is 11.9. The Hall–Kier alpha value is -3.09. The van der Waals surface area contributed by atoms with Crippen molar-refractivity contribution in [2.45, 2.75) is 20.3 Å². The molecule has 0 aliphatic rings. The summed E-state index contributed by atoms with van der Waals surface area (Å²) >= 11 is 0. The number of aryl methyl sites for hydroxylation is 1. The molecule has 1 unspecified atom stereocenters. The lowest BCUT2D eigenvalue weighted by atomic mass is 9.99. The van der Waals surface area contributed by atoms with E-state index >= 15 is 0 Å². The van der Waals surface area contributed by atoms with E-state index in [-0.39, 0.29) is 18.7 Å². The highest BCUT2D eigenvalue weighted by Gasteiger charge is 2.19. The number of hydrogen-bond acceptors (Lipinski definition) is 4. The van der Waals surface area contributed by atoms with Gasteiger partial charge in [-0.1, -0.05) is 18.2 Å². The first-order chi connectivity index (χ1) is 13.4. The number of aliphatic carboxylic acids is 1. The van der Waals surface area contributed by atoms with Gasteiger partial charge in [0.1, 0.15) is 5.75 Å². The molecule has 1 amide bonds. The standard InChI is InChI=1S/C21H24FNO5/c1-3-27-17-7-5-15(6-8-17)11-16(21(25)26)12-23-20(24)13-28-19-10-14(2)4-9-18(19)22/h4-10,16H,3,11-13H2,1-2H3,(H,23,24)(H,25,26). The molecule has 6 nitrogen and oxygen atoms in total. The molecular weight excluding hydrogens is 365 g/mol. The Balaban J connectivity index is 1.85. The summed E-state index contributed by atoms with van der Waals surface area (Å²) < 4.78 is 24.2. The monoisotopic (exact) mass is 389 g/mol. The van der Waals surface area contributed by atoms with Crippen LogP contribution in [-0.2, 0) is 16.0 Å². The normalized spacial score (nSPS) is 11.5. The van der Waals surface area contributed by atoms with E-state index < -0.39 is 30.2 Å².